The number of hydrogen-bond acceptors (Lipinski definition) is 4. The number of hydrogen-bond donors (Lipinski definition) is 2. The highest BCUT2D eigenvalue weighted by Gasteiger charge is 2.54. The Bertz CT molecular complexity index is 869. The highest BCUT2D eigenvalue weighted by Crippen LogP contribution is 2.55. The van der Waals surface area contributed by atoms with Crippen LogP contribution in [-0.2, 0) is 9.59 Å². The van der Waals surface area contributed by atoms with E-state index in [1.54, 1.807) is 0 Å². The topological polar surface area (TPSA) is 78.9 Å². The smallest absolute Gasteiger partial charge is 0.258 e. The van der Waals surface area contributed by atoms with Crippen LogP contribution in [0.5, 0.6) is 5.75 Å². The summed E-state index contributed by atoms with van der Waals surface area (Å²) in [5, 5.41) is 14.8. The third kappa shape index (κ3) is 5.68. The lowest BCUT2D eigenvalue weighted by molar-refractivity contribution is -0.152. The van der Waals surface area contributed by atoms with Crippen molar-refractivity contribution in [3.8, 4) is 5.75 Å². The van der Waals surface area contributed by atoms with Crippen molar-refractivity contribution in [2.75, 3.05) is 19.7 Å². The number of nitrogens with zero attached hydrogens (tertiary/aromatic N) is 1. The van der Waals surface area contributed by atoms with E-state index in [-0.39, 0.29) is 53.5 Å². The number of aliphatic hydroxyl groups is 1. The molecule has 194 valence electrons. The molecule has 0 radical (unpaired) electrons. The summed E-state index contributed by atoms with van der Waals surface area (Å²) in [5.41, 5.74) is 0.0421. The molecule has 3 fully saturated rings. The van der Waals surface area contributed by atoms with Crippen LogP contribution in [0.1, 0.15) is 66.2 Å². The van der Waals surface area contributed by atoms with Crippen molar-refractivity contribution in [2.45, 2.75) is 78.4 Å². The second-order valence-corrected chi connectivity index (χ2v) is 11.8. The molecule has 1 aromatic rings. The fourth-order valence-electron chi connectivity index (χ4n) is 7.11. The van der Waals surface area contributed by atoms with Crippen molar-refractivity contribution >= 4 is 11.8 Å². The first-order chi connectivity index (χ1) is 16.7. The number of ether oxygens (including phenoxy) is 1. The van der Waals surface area contributed by atoms with E-state index < -0.39 is 6.10 Å². The molecule has 35 heavy (non-hydrogen) atoms. The van der Waals surface area contributed by atoms with Crippen LogP contribution >= 0.6 is 0 Å². The van der Waals surface area contributed by atoms with Gasteiger partial charge in [0.25, 0.3) is 5.91 Å². The third-order valence-corrected chi connectivity index (χ3v) is 9.47. The zero-order chi connectivity index (χ0) is 25.2. The maximum atomic E-state index is 13.3. The molecule has 2 saturated carbocycles. The first kappa shape index (κ1) is 26.0. The molecule has 1 aliphatic heterocycles. The van der Waals surface area contributed by atoms with Crippen LogP contribution in [0.15, 0.2) is 30.3 Å². The van der Waals surface area contributed by atoms with Gasteiger partial charge in [0.15, 0.2) is 6.61 Å². The van der Waals surface area contributed by atoms with Gasteiger partial charge in [0.1, 0.15) is 5.75 Å². The molecule has 6 heteroatoms. The van der Waals surface area contributed by atoms with Crippen LogP contribution in [0.3, 0.4) is 0 Å². The first-order valence-electron chi connectivity index (χ1n) is 13.6. The van der Waals surface area contributed by atoms with E-state index in [9.17, 15) is 14.7 Å². The van der Waals surface area contributed by atoms with Crippen LogP contribution in [0.4, 0.5) is 0 Å². The number of likely N-dealkylation sites (tertiary alicyclic amines) is 1. The van der Waals surface area contributed by atoms with E-state index >= 15 is 0 Å². The van der Waals surface area contributed by atoms with Gasteiger partial charge < -0.3 is 20.1 Å². The zero-order valence-electron chi connectivity index (χ0n) is 21.9. The number of rotatable bonds is 6. The van der Waals surface area contributed by atoms with Gasteiger partial charge in [0.05, 0.1) is 6.10 Å². The van der Waals surface area contributed by atoms with Crippen molar-refractivity contribution < 1.29 is 19.4 Å². The number of carbonyl (C=O) groups is 2. The summed E-state index contributed by atoms with van der Waals surface area (Å²) in [5.74, 6) is 1.43. The number of piperidine rings is 1. The van der Waals surface area contributed by atoms with Crippen molar-refractivity contribution in [3.05, 3.63) is 30.3 Å². The van der Waals surface area contributed by atoms with Gasteiger partial charge >= 0.3 is 0 Å². The van der Waals surface area contributed by atoms with E-state index in [4.69, 9.17) is 4.74 Å². The standard InChI is InChI=1S/C29H44N2O4/c1-19-12-16-31(17-13-19)28(34)20(2)23-10-14-29(4)15-11-24(21(3)26(29)27(23)33)30-25(32)18-35-22-8-6-5-7-9-22/h5-9,19-21,23-24,26-27,33H,10-18H2,1-4H3,(H,30,32)/t20-,21+,23-,24-,26+,27-,29-/m0/s1. The molecule has 0 unspecified atom stereocenters. The van der Waals surface area contributed by atoms with Gasteiger partial charge in [0.2, 0.25) is 5.91 Å². The predicted octanol–water partition coefficient (Wildman–Crippen LogP) is 4.27. The van der Waals surface area contributed by atoms with Crippen molar-refractivity contribution in [1.82, 2.24) is 10.2 Å². The lowest BCUT2D eigenvalue weighted by atomic mass is 9.51. The van der Waals surface area contributed by atoms with E-state index in [1.165, 1.54) is 0 Å². The van der Waals surface area contributed by atoms with Gasteiger partial charge in [-0.25, -0.2) is 0 Å². The number of para-hydroxylation sites is 1. The average molecular weight is 485 g/mol. The molecule has 7 atom stereocenters. The Labute approximate surface area is 210 Å². The minimum atomic E-state index is -0.535. The summed E-state index contributed by atoms with van der Waals surface area (Å²) in [7, 11) is 0. The number of fused-ring (bicyclic) bond motifs is 1. The maximum Gasteiger partial charge on any atom is 0.258 e. The third-order valence-electron chi connectivity index (χ3n) is 9.47. The molecule has 2 aliphatic carbocycles. The van der Waals surface area contributed by atoms with E-state index in [2.05, 4.69) is 26.1 Å². The summed E-state index contributed by atoms with van der Waals surface area (Å²) in [6.07, 6.45) is 5.39. The fraction of sp³-hybridized carbons (Fsp3) is 0.724. The predicted molar refractivity (Wildman–Crippen MR) is 137 cm³/mol. The summed E-state index contributed by atoms with van der Waals surface area (Å²) < 4.78 is 5.63. The molecule has 2 amide bonds. The van der Waals surface area contributed by atoms with Gasteiger partial charge in [0, 0.05) is 25.0 Å². The highest BCUT2D eigenvalue weighted by molar-refractivity contribution is 5.79. The molecule has 1 saturated heterocycles. The van der Waals surface area contributed by atoms with Crippen molar-refractivity contribution in [1.29, 1.82) is 0 Å². The van der Waals surface area contributed by atoms with Gasteiger partial charge in [-0.2, -0.15) is 0 Å². The largest absolute Gasteiger partial charge is 0.484 e. The molecular weight excluding hydrogens is 440 g/mol. The fourth-order valence-corrected chi connectivity index (χ4v) is 7.11. The van der Waals surface area contributed by atoms with E-state index in [0.717, 1.165) is 51.6 Å². The summed E-state index contributed by atoms with van der Waals surface area (Å²) >= 11 is 0. The molecule has 1 heterocycles. The minimum absolute atomic E-state index is 0.00272. The van der Waals surface area contributed by atoms with Crippen LogP contribution < -0.4 is 10.1 Å². The SMILES string of the molecule is CC1CCN(C(=O)[C@@H](C)[C@@H]2CC[C@@]3(C)CC[C@H](NC(=O)COc4ccccc4)[C@@H](C)[C@@H]3[C@H]2O)CC1. The second kappa shape index (κ2) is 10.9. The maximum absolute atomic E-state index is 13.3. The quantitative estimate of drug-likeness (QED) is 0.632. The minimum Gasteiger partial charge on any atom is -0.484 e. The average Bonchev–Trinajstić information content (AvgIpc) is 2.85. The zero-order valence-corrected chi connectivity index (χ0v) is 21.9. The van der Waals surface area contributed by atoms with Crippen LogP contribution in [-0.4, -0.2) is 53.7 Å². The van der Waals surface area contributed by atoms with Gasteiger partial charge in [-0.15, -0.1) is 0 Å². The molecule has 1 aromatic carbocycles. The molecular formula is C29H44N2O4. The normalized spacial score (nSPS) is 34.5. The molecule has 4 rings (SSSR count). The lowest BCUT2D eigenvalue weighted by Gasteiger charge is -2.56. The number of benzene rings is 1. The Morgan fingerprint density at radius 3 is 2.46 bits per heavy atom. The van der Waals surface area contributed by atoms with Crippen LogP contribution in [0.2, 0.25) is 0 Å². The Hall–Kier alpha value is -2.08. The van der Waals surface area contributed by atoms with Crippen molar-refractivity contribution in [3.63, 3.8) is 0 Å². The molecule has 2 N–H and O–H groups in total. The number of amides is 2. The Balaban J connectivity index is 1.38. The van der Waals surface area contributed by atoms with Crippen molar-refractivity contribution in [2.24, 2.45) is 35.0 Å². The van der Waals surface area contributed by atoms with E-state index in [1.807, 2.05) is 42.2 Å². The molecule has 0 spiro atoms. The van der Waals surface area contributed by atoms with Gasteiger partial charge in [-0.3, -0.25) is 9.59 Å². The lowest BCUT2D eigenvalue weighted by Crippen LogP contribution is -2.59. The summed E-state index contributed by atoms with van der Waals surface area (Å²) in [6, 6.07) is 9.37. The summed E-state index contributed by atoms with van der Waals surface area (Å²) in [4.78, 5) is 28.0. The Morgan fingerprint density at radius 2 is 1.77 bits per heavy atom. The van der Waals surface area contributed by atoms with Gasteiger partial charge in [-0.1, -0.05) is 45.9 Å². The Kier molecular flexibility index (Phi) is 8.09. The van der Waals surface area contributed by atoms with Gasteiger partial charge in [-0.05, 0) is 79.7 Å². The molecule has 3 aliphatic rings. The van der Waals surface area contributed by atoms with Crippen LogP contribution in [0.25, 0.3) is 0 Å². The highest BCUT2D eigenvalue weighted by atomic mass is 16.5. The number of aliphatic hydroxyl groups excluding tert-OH is 1. The molecule has 6 nitrogen and oxygen atoms in total. The first-order valence-corrected chi connectivity index (χ1v) is 13.6. The van der Waals surface area contributed by atoms with E-state index in [0.29, 0.717) is 11.7 Å². The van der Waals surface area contributed by atoms with Crippen LogP contribution in [0, 0.1) is 35.0 Å². The number of carbonyl (C=O) groups excluding carboxylic acids is 2. The molecule has 0 bridgehead atoms. The summed E-state index contributed by atoms with van der Waals surface area (Å²) in [6.45, 7) is 10.4. The molecule has 0 aromatic heterocycles. The Morgan fingerprint density at radius 1 is 1.11 bits per heavy atom. The number of nitrogens with one attached hydrogen (secondary N) is 1. The second-order valence-electron chi connectivity index (χ2n) is 11.8. The monoisotopic (exact) mass is 484 g/mol.